The van der Waals surface area contributed by atoms with Crippen molar-refractivity contribution >= 4 is 17.6 Å². The number of rotatable bonds is 9. The lowest BCUT2D eigenvalue weighted by molar-refractivity contribution is -0.385. The summed E-state index contributed by atoms with van der Waals surface area (Å²) in [6.45, 7) is 1.82. The van der Waals surface area contributed by atoms with Gasteiger partial charge in [-0.05, 0) is 36.8 Å². The number of carbonyl (C=O) groups is 2. The molecular weight excluding hydrogens is 368 g/mol. The van der Waals surface area contributed by atoms with E-state index in [4.69, 9.17) is 14.6 Å². The highest BCUT2D eigenvalue weighted by atomic mass is 16.6. The predicted molar refractivity (Wildman–Crippen MR) is 99.6 cm³/mol. The molecule has 0 aliphatic heterocycles. The number of ether oxygens (including phenoxy) is 2. The van der Waals surface area contributed by atoms with E-state index < -0.39 is 17.5 Å². The highest BCUT2D eigenvalue weighted by Gasteiger charge is 2.20. The van der Waals surface area contributed by atoms with Crippen molar-refractivity contribution in [2.75, 3.05) is 20.3 Å². The highest BCUT2D eigenvalue weighted by Crippen LogP contribution is 2.28. The molecule has 0 saturated carbocycles. The predicted octanol–water partition coefficient (Wildman–Crippen LogP) is 2.73. The number of amides is 1. The normalized spacial score (nSPS) is 10.2. The minimum Gasteiger partial charge on any atom is -0.487 e. The number of carboxylic acid groups (broad SMARTS) is 1. The van der Waals surface area contributed by atoms with Crippen LogP contribution >= 0.6 is 0 Å². The van der Waals surface area contributed by atoms with Crippen LogP contribution in [0.5, 0.6) is 11.5 Å². The number of aliphatic carboxylic acids is 1. The average Bonchev–Trinajstić information content (AvgIpc) is 2.67. The van der Waals surface area contributed by atoms with Gasteiger partial charge in [-0.1, -0.05) is 12.1 Å². The summed E-state index contributed by atoms with van der Waals surface area (Å²) < 4.78 is 10.3. The summed E-state index contributed by atoms with van der Waals surface area (Å²) in [4.78, 5) is 35.2. The number of hydrogen-bond donors (Lipinski definition) is 1. The fourth-order valence-electron chi connectivity index (χ4n) is 2.47. The Morgan fingerprint density at radius 2 is 1.82 bits per heavy atom. The van der Waals surface area contributed by atoms with Gasteiger partial charge in [-0.15, -0.1) is 0 Å². The summed E-state index contributed by atoms with van der Waals surface area (Å²) in [7, 11) is 1.58. The van der Waals surface area contributed by atoms with Crippen LogP contribution in [0.3, 0.4) is 0 Å². The summed E-state index contributed by atoms with van der Waals surface area (Å²) in [6.07, 6.45) is 0. The standard InChI is InChI=1S/C19H20N2O7/c1-3-27-17-9-6-14(10-16(17)21(25)26)19(24)20(2)11-13-4-7-15(8-5-13)28-12-18(22)23/h4-10H,3,11-12H2,1-2H3,(H,22,23). The van der Waals surface area contributed by atoms with Crippen molar-refractivity contribution < 1.29 is 29.1 Å². The molecule has 0 spiro atoms. The molecule has 0 aliphatic rings. The molecule has 0 aliphatic carbocycles. The molecule has 148 valence electrons. The molecule has 9 nitrogen and oxygen atoms in total. The molecule has 2 rings (SSSR count). The van der Waals surface area contributed by atoms with Crippen LogP contribution in [0, 0.1) is 10.1 Å². The van der Waals surface area contributed by atoms with Crippen molar-refractivity contribution in [2.45, 2.75) is 13.5 Å². The molecule has 0 saturated heterocycles. The summed E-state index contributed by atoms with van der Waals surface area (Å²) in [5.41, 5.74) is 0.707. The third kappa shape index (κ3) is 5.44. The van der Waals surface area contributed by atoms with Gasteiger partial charge in [0.15, 0.2) is 12.4 Å². The minimum absolute atomic E-state index is 0.114. The molecule has 0 heterocycles. The number of carbonyl (C=O) groups excluding carboxylic acids is 1. The van der Waals surface area contributed by atoms with Crippen LogP contribution in [-0.4, -0.2) is 47.1 Å². The molecule has 0 unspecified atom stereocenters. The summed E-state index contributed by atoms with van der Waals surface area (Å²) >= 11 is 0. The molecule has 9 heteroatoms. The summed E-state index contributed by atoms with van der Waals surface area (Å²) in [6, 6.07) is 10.7. The zero-order valence-corrected chi connectivity index (χ0v) is 15.5. The topological polar surface area (TPSA) is 119 Å². The lowest BCUT2D eigenvalue weighted by Crippen LogP contribution is -2.26. The third-order valence-electron chi connectivity index (χ3n) is 3.75. The Balaban J connectivity index is 2.09. The zero-order chi connectivity index (χ0) is 20.7. The highest BCUT2D eigenvalue weighted by molar-refractivity contribution is 5.95. The van der Waals surface area contributed by atoms with E-state index in [1.807, 2.05) is 0 Å². The van der Waals surface area contributed by atoms with Crippen molar-refractivity contribution in [2.24, 2.45) is 0 Å². The Bertz CT molecular complexity index is 865. The summed E-state index contributed by atoms with van der Waals surface area (Å²) in [5.74, 6) is -0.929. The molecular formula is C19H20N2O7. The molecule has 2 aromatic carbocycles. The molecule has 0 fully saturated rings. The van der Waals surface area contributed by atoms with E-state index in [2.05, 4.69) is 0 Å². The van der Waals surface area contributed by atoms with Gasteiger partial charge >= 0.3 is 11.7 Å². The van der Waals surface area contributed by atoms with E-state index >= 15 is 0 Å². The number of carboxylic acids is 1. The van der Waals surface area contributed by atoms with Crippen LogP contribution in [0.2, 0.25) is 0 Å². The first-order chi connectivity index (χ1) is 13.3. The van der Waals surface area contributed by atoms with Gasteiger partial charge in [0, 0.05) is 25.2 Å². The van der Waals surface area contributed by atoms with Gasteiger partial charge in [0.1, 0.15) is 5.75 Å². The Morgan fingerprint density at radius 1 is 1.14 bits per heavy atom. The molecule has 28 heavy (non-hydrogen) atoms. The second-order valence-corrected chi connectivity index (χ2v) is 5.86. The van der Waals surface area contributed by atoms with Crippen LogP contribution in [-0.2, 0) is 11.3 Å². The summed E-state index contributed by atoms with van der Waals surface area (Å²) in [5, 5.41) is 19.8. The van der Waals surface area contributed by atoms with Gasteiger partial charge in [-0.2, -0.15) is 0 Å². The van der Waals surface area contributed by atoms with E-state index in [1.54, 1.807) is 38.2 Å². The van der Waals surface area contributed by atoms with Crippen LogP contribution in [0.25, 0.3) is 0 Å². The quantitative estimate of drug-likeness (QED) is 0.518. The Labute approximate surface area is 161 Å². The van der Waals surface area contributed by atoms with Crippen molar-refractivity contribution in [1.29, 1.82) is 0 Å². The van der Waals surface area contributed by atoms with Crippen LogP contribution in [0.4, 0.5) is 5.69 Å². The number of nitro groups is 1. The lowest BCUT2D eigenvalue weighted by Gasteiger charge is -2.18. The van der Waals surface area contributed by atoms with Gasteiger partial charge < -0.3 is 19.5 Å². The minimum atomic E-state index is -1.07. The van der Waals surface area contributed by atoms with E-state index in [9.17, 15) is 19.7 Å². The Morgan fingerprint density at radius 3 is 2.39 bits per heavy atom. The maximum absolute atomic E-state index is 12.6. The smallest absolute Gasteiger partial charge is 0.341 e. The molecule has 0 radical (unpaired) electrons. The van der Waals surface area contributed by atoms with Gasteiger partial charge in [-0.3, -0.25) is 14.9 Å². The number of benzene rings is 2. The fourth-order valence-corrected chi connectivity index (χ4v) is 2.47. The first kappa shape index (κ1) is 20.7. The van der Waals surface area contributed by atoms with Crippen molar-refractivity contribution in [3.63, 3.8) is 0 Å². The molecule has 0 atom stereocenters. The number of nitro benzene ring substituents is 1. The zero-order valence-electron chi connectivity index (χ0n) is 15.5. The van der Waals surface area contributed by atoms with Gasteiger partial charge in [0.2, 0.25) is 0 Å². The van der Waals surface area contributed by atoms with Crippen LogP contribution < -0.4 is 9.47 Å². The molecule has 0 bridgehead atoms. The van der Waals surface area contributed by atoms with Crippen LogP contribution in [0.15, 0.2) is 42.5 Å². The van der Waals surface area contributed by atoms with Crippen LogP contribution in [0.1, 0.15) is 22.8 Å². The van der Waals surface area contributed by atoms with Crippen molar-refractivity contribution in [1.82, 2.24) is 4.90 Å². The van der Waals surface area contributed by atoms with Gasteiger partial charge in [0.05, 0.1) is 11.5 Å². The second kappa shape index (κ2) is 9.36. The first-order valence-corrected chi connectivity index (χ1v) is 8.42. The number of nitrogens with zero attached hydrogens (tertiary/aromatic N) is 2. The van der Waals surface area contributed by atoms with Gasteiger partial charge in [-0.25, -0.2) is 4.79 Å². The molecule has 1 N–H and O–H groups in total. The Hall–Kier alpha value is -3.62. The monoisotopic (exact) mass is 388 g/mol. The average molecular weight is 388 g/mol. The van der Waals surface area contributed by atoms with E-state index in [1.165, 1.54) is 23.1 Å². The lowest BCUT2D eigenvalue weighted by atomic mass is 10.1. The maximum Gasteiger partial charge on any atom is 0.341 e. The van der Waals surface area contributed by atoms with E-state index in [0.29, 0.717) is 5.75 Å². The molecule has 1 amide bonds. The first-order valence-electron chi connectivity index (χ1n) is 8.42. The maximum atomic E-state index is 12.6. The van der Waals surface area contributed by atoms with E-state index in [0.717, 1.165) is 5.56 Å². The molecule has 2 aromatic rings. The third-order valence-corrected chi connectivity index (χ3v) is 3.75. The van der Waals surface area contributed by atoms with E-state index in [-0.39, 0.29) is 36.1 Å². The van der Waals surface area contributed by atoms with Gasteiger partial charge in [0.25, 0.3) is 5.91 Å². The second-order valence-electron chi connectivity index (χ2n) is 5.86. The largest absolute Gasteiger partial charge is 0.487 e. The van der Waals surface area contributed by atoms with Crippen molar-refractivity contribution in [3.05, 3.63) is 63.7 Å². The fraction of sp³-hybridized carbons (Fsp3) is 0.263. The number of hydrogen-bond acceptors (Lipinski definition) is 6. The Kier molecular flexibility index (Phi) is 6.91. The SMILES string of the molecule is CCOc1ccc(C(=O)N(C)Cc2ccc(OCC(=O)O)cc2)cc1[N+](=O)[O-]. The van der Waals surface area contributed by atoms with Crippen molar-refractivity contribution in [3.8, 4) is 11.5 Å². The molecule has 0 aromatic heterocycles.